The van der Waals surface area contributed by atoms with Gasteiger partial charge in [0.2, 0.25) is 0 Å². The monoisotopic (exact) mass is 135 g/mol. The highest BCUT2D eigenvalue weighted by Crippen LogP contribution is 2.11. The number of rotatable bonds is 2. The fourth-order valence-electron chi connectivity index (χ4n) is 0.669. The van der Waals surface area contributed by atoms with Gasteiger partial charge in [0.15, 0.2) is 6.39 Å². The van der Waals surface area contributed by atoms with E-state index in [4.69, 9.17) is 4.42 Å². The van der Waals surface area contributed by atoms with Crippen molar-refractivity contribution in [2.24, 2.45) is 0 Å². The molecule has 0 saturated heterocycles. The molecule has 0 aromatic carbocycles. The quantitative estimate of drug-likeness (QED) is 0.581. The average Bonchev–Trinajstić information content (AvgIpc) is 2.38. The minimum Gasteiger partial charge on any atom is -0.444 e. The molecule has 0 atom stereocenters. The largest absolute Gasteiger partial charge is 0.444 e. The van der Waals surface area contributed by atoms with Crippen LogP contribution in [-0.2, 0) is 0 Å². The molecule has 0 radical (unpaired) electrons. The van der Waals surface area contributed by atoms with Crippen molar-refractivity contribution in [2.75, 3.05) is 0 Å². The van der Waals surface area contributed by atoms with Crippen molar-refractivity contribution in [2.45, 2.75) is 6.92 Å². The molecule has 0 amide bonds. The maximum absolute atomic E-state index is 5.02. The summed E-state index contributed by atoms with van der Waals surface area (Å²) in [7, 11) is 0. The van der Waals surface area contributed by atoms with Gasteiger partial charge in [-0.25, -0.2) is 4.98 Å². The topological polar surface area (TPSA) is 26.0 Å². The lowest BCUT2D eigenvalue weighted by Gasteiger charge is -1.89. The predicted octanol–water partition coefficient (Wildman–Crippen LogP) is 2.26. The Morgan fingerprint density at radius 3 is 3.10 bits per heavy atom. The molecule has 52 valence electrons. The maximum Gasteiger partial charge on any atom is 0.181 e. The molecule has 0 aliphatic rings. The number of allylic oxidation sites excluding steroid dienone is 3. The molecule has 0 bridgehead atoms. The van der Waals surface area contributed by atoms with Gasteiger partial charge in [-0.15, -0.1) is 0 Å². The Bertz CT molecular complexity index is 234. The average molecular weight is 135 g/mol. The summed E-state index contributed by atoms with van der Waals surface area (Å²) < 4.78 is 5.02. The number of oxazole rings is 1. The Hall–Kier alpha value is -1.31. The number of nitrogens with zero attached hydrogens (tertiary/aromatic N) is 1. The van der Waals surface area contributed by atoms with Gasteiger partial charge in [-0.3, -0.25) is 0 Å². The van der Waals surface area contributed by atoms with E-state index >= 15 is 0 Å². The molecule has 2 nitrogen and oxygen atoms in total. The van der Waals surface area contributed by atoms with Crippen molar-refractivity contribution in [3.63, 3.8) is 0 Å². The first-order valence-electron chi connectivity index (χ1n) is 3.03. The van der Waals surface area contributed by atoms with E-state index in [9.17, 15) is 0 Å². The van der Waals surface area contributed by atoms with Crippen LogP contribution in [0.25, 0.3) is 5.57 Å². The van der Waals surface area contributed by atoms with Crippen LogP contribution in [0.3, 0.4) is 0 Å². The summed E-state index contributed by atoms with van der Waals surface area (Å²) in [6.07, 6.45) is 6.68. The smallest absolute Gasteiger partial charge is 0.181 e. The van der Waals surface area contributed by atoms with E-state index in [2.05, 4.69) is 11.6 Å². The fraction of sp³-hybridized carbons (Fsp3) is 0.125. The first kappa shape index (κ1) is 6.81. The van der Waals surface area contributed by atoms with Crippen LogP contribution in [0.1, 0.15) is 12.7 Å². The third-order valence-electron chi connectivity index (χ3n) is 1.19. The Kier molecular flexibility index (Phi) is 2.05. The van der Waals surface area contributed by atoms with Crippen molar-refractivity contribution in [1.82, 2.24) is 4.98 Å². The second kappa shape index (κ2) is 3.01. The van der Waals surface area contributed by atoms with Gasteiger partial charge in [0.05, 0.1) is 6.20 Å². The highest BCUT2D eigenvalue weighted by Gasteiger charge is 1.95. The Balaban J connectivity index is 2.86. The van der Waals surface area contributed by atoms with Crippen LogP contribution in [0.2, 0.25) is 0 Å². The minimum atomic E-state index is 0.792. The second-order valence-electron chi connectivity index (χ2n) is 1.95. The molecule has 0 spiro atoms. The maximum atomic E-state index is 5.02. The number of hydrogen-bond acceptors (Lipinski definition) is 2. The van der Waals surface area contributed by atoms with Crippen LogP contribution in [0.15, 0.2) is 35.7 Å². The predicted molar refractivity (Wildman–Crippen MR) is 40.4 cm³/mol. The third-order valence-corrected chi connectivity index (χ3v) is 1.19. The molecule has 1 heterocycles. The van der Waals surface area contributed by atoms with Crippen LogP contribution < -0.4 is 0 Å². The normalized spacial score (nSPS) is 11.5. The molecule has 1 rings (SSSR count). The van der Waals surface area contributed by atoms with Gasteiger partial charge in [0.25, 0.3) is 0 Å². The number of hydrogen-bond donors (Lipinski definition) is 0. The molecule has 0 saturated carbocycles. The number of aromatic nitrogens is 1. The first-order chi connectivity index (χ1) is 4.84. The Labute approximate surface area is 59.9 Å². The summed E-state index contributed by atoms with van der Waals surface area (Å²) in [4.78, 5) is 3.78. The summed E-state index contributed by atoms with van der Waals surface area (Å²) in [6, 6.07) is 0. The lowest BCUT2D eigenvalue weighted by Crippen LogP contribution is -1.70. The molecule has 0 aliphatic carbocycles. The van der Waals surface area contributed by atoms with E-state index in [0.717, 1.165) is 11.3 Å². The Morgan fingerprint density at radius 1 is 1.80 bits per heavy atom. The van der Waals surface area contributed by atoms with Crippen molar-refractivity contribution in [1.29, 1.82) is 0 Å². The molecule has 10 heavy (non-hydrogen) atoms. The lowest BCUT2D eigenvalue weighted by atomic mass is 10.2. The zero-order valence-electron chi connectivity index (χ0n) is 5.87. The molecule has 0 N–H and O–H groups in total. The molecule has 0 fully saturated rings. The Morgan fingerprint density at radius 2 is 2.60 bits per heavy atom. The van der Waals surface area contributed by atoms with E-state index in [0.29, 0.717) is 0 Å². The van der Waals surface area contributed by atoms with Crippen LogP contribution in [0.4, 0.5) is 0 Å². The summed E-state index contributed by atoms with van der Waals surface area (Å²) in [5.74, 6) is 0.792. The molecule has 0 unspecified atom stereocenters. The van der Waals surface area contributed by atoms with Crippen molar-refractivity contribution >= 4 is 5.57 Å². The van der Waals surface area contributed by atoms with E-state index in [1.807, 2.05) is 13.0 Å². The zero-order chi connectivity index (χ0) is 7.40. The van der Waals surface area contributed by atoms with E-state index in [-0.39, 0.29) is 0 Å². The van der Waals surface area contributed by atoms with Gasteiger partial charge in [-0.2, -0.15) is 0 Å². The van der Waals surface area contributed by atoms with Gasteiger partial charge < -0.3 is 4.42 Å². The van der Waals surface area contributed by atoms with Gasteiger partial charge in [-0.05, 0) is 12.5 Å². The van der Waals surface area contributed by atoms with Gasteiger partial charge in [0, 0.05) is 0 Å². The van der Waals surface area contributed by atoms with Crippen LogP contribution in [0, 0.1) is 0 Å². The van der Waals surface area contributed by atoms with E-state index in [1.165, 1.54) is 6.39 Å². The van der Waals surface area contributed by atoms with Gasteiger partial charge in [0.1, 0.15) is 5.76 Å². The second-order valence-corrected chi connectivity index (χ2v) is 1.95. The molecular weight excluding hydrogens is 126 g/mol. The lowest BCUT2D eigenvalue weighted by molar-refractivity contribution is 0.544. The summed E-state index contributed by atoms with van der Waals surface area (Å²) in [6.45, 7) is 5.52. The van der Waals surface area contributed by atoms with Crippen molar-refractivity contribution < 1.29 is 4.42 Å². The SMILES string of the molecule is C=C/C=C(\C)c1cnco1. The highest BCUT2D eigenvalue weighted by molar-refractivity contribution is 5.59. The van der Waals surface area contributed by atoms with Crippen molar-refractivity contribution in [3.8, 4) is 0 Å². The van der Waals surface area contributed by atoms with Crippen LogP contribution in [-0.4, -0.2) is 4.98 Å². The summed E-state index contributed by atoms with van der Waals surface area (Å²) >= 11 is 0. The van der Waals surface area contributed by atoms with Crippen molar-refractivity contribution in [3.05, 3.63) is 37.1 Å². The minimum absolute atomic E-state index is 0.792. The molecule has 2 heteroatoms. The molecule has 1 aromatic rings. The first-order valence-corrected chi connectivity index (χ1v) is 3.03. The molecule has 0 aliphatic heterocycles. The third kappa shape index (κ3) is 1.35. The molecule has 1 aromatic heterocycles. The fourth-order valence-corrected chi connectivity index (χ4v) is 0.669. The summed E-state index contributed by atoms with van der Waals surface area (Å²) in [5, 5.41) is 0. The molecular formula is C8H9NO. The highest BCUT2D eigenvalue weighted by atomic mass is 16.3. The van der Waals surface area contributed by atoms with Gasteiger partial charge >= 0.3 is 0 Å². The van der Waals surface area contributed by atoms with E-state index < -0.39 is 0 Å². The van der Waals surface area contributed by atoms with Gasteiger partial charge in [-0.1, -0.05) is 18.7 Å². The van der Waals surface area contributed by atoms with Crippen LogP contribution in [0.5, 0.6) is 0 Å². The standard InChI is InChI=1S/C8H9NO/c1-3-4-7(2)8-5-9-6-10-8/h3-6H,1H2,2H3/b7-4+. The van der Waals surface area contributed by atoms with E-state index in [1.54, 1.807) is 12.3 Å². The zero-order valence-corrected chi connectivity index (χ0v) is 5.87. The summed E-state index contributed by atoms with van der Waals surface area (Å²) in [5.41, 5.74) is 1.03. The van der Waals surface area contributed by atoms with Crippen LogP contribution >= 0.6 is 0 Å².